The molecule has 0 bridgehead atoms. The molecule has 7 heteroatoms. The fourth-order valence-electron chi connectivity index (χ4n) is 1.33. The van der Waals surface area contributed by atoms with Crippen LogP contribution in [0.1, 0.15) is 47.5 Å². The van der Waals surface area contributed by atoms with Gasteiger partial charge in [0, 0.05) is 11.8 Å². The number of hydrogen-bond donors (Lipinski definition) is 1. The molecular formula is C16H29NO6. The molecule has 0 aliphatic carbocycles. The Labute approximate surface area is 138 Å². The van der Waals surface area contributed by atoms with E-state index in [-0.39, 0.29) is 31.4 Å². The summed E-state index contributed by atoms with van der Waals surface area (Å²) in [6, 6.07) is 0. The van der Waals surface area contributed by atoms with Crippen molar-refractivity contribution in [1.29, 1.82) is 0 Å². The predicted octanol–water partition coefficient (Wildman–Crippen LogP) is 2.08. The van der Waals surface area contributed by atoms with Crippen LogP contribution in [0.15, 0.2) is 0 Å². The fourth-order valence-corrected chi connectivity index (χ4v) is 1.33. The van der Waals surface area contributed by atoms with Crippen LogP contribution < -0.4 is 5.32 Å². The number of carbonyl (C=O) groups is 3. The number of Topliss-reactive ketones (excluding diaryl/α,β-unsaturated/α-hetero) is 1. The van der Waals surface area contributed by atoms with Gasteiger partial charge in [0.2, 0.25) is 5.91 Å². The van der Waals surface area contributed by atoms with Crippen molar-refractivity contribution in [3.8, 4) is 0 Å². The lowest BCUT2D eigenvalue weighted by Crippen LogP contribution is -2.38. The molecule has 0 aromatic heterocycles. The van der Waals surface area contributed by atoms with Gasteiger partial charge in [-0.3, -0.25) is 9.59 Å². The Morgan fingerprint density at radius 1 is 1.09 bits per heavy atom. The van der Waals surface area contributed by atoms with Crippen molar-refractivity contribution in [2.75, 3.05) is 26.4 Å². The van der Waals surface area contributed by atoms with Crippen LogP contribution >= 0.6 is 0 Å². The van der Waals surface area contributed by atoms with Crippen molar-refractivity contribution in [1.82, 2.24) is 5.32 Å². The number of carbonyl (C=O) groups excluding carboxylic acids is 3. The fraction of sp³-hybridized carbons (Fsp3) is 0.812. The molecule has 0 aromatic carbocycles. The Morgan fingerprint density at radius 2 is 1.70 bits per heavy atom. The molecule has 0 aromatic rings. The Kier molecular flexibility index (Phi) is 10.2. The zero-order valence-corrected chi connectivity index (χ0v) is 14.8. The quantitative estimate of drug-likeness (QED) is 0.460. The molecule has 23 heavy (non-hydrogen) atoms. The molecule has 1 N–H and O–H groups in total. The lowest BCUT2D eigenvalue weighted by Gasteiger charge is -2.21. The Bertz CT molecular complexity index is 394. The minimum Gasteiger partial charge on any atom is -0.434 e. The van der Waals surface area contributed by atoms with Crippen molar-refractivity contribution < 1.29 is 28.6 Å². The largest absolute Gasteiger partial charge is 0.508 e. The van der Waals surface area contributed by atoms with Gasteiger partial charge in [0.05, 0.1) is 19.8 Å². The van der Waals surface area contributed by atoms with Gasteiger partial charge in [-0.15, -0.1) is 0 Å². The molecule has 1 atom stereocenters. The minimum atomic E-state index is -0.784. The minimum absolute atomic E-state index is 0.0429. The summed E-state index contributed by atoms with van der Waals surface area (Å²) in [5.74, 6) is -0.118. The number of rotatable bonds is 11. The third-order valence-corrected chi connectivity index (χ3v) is 3.56. The van der Waals surface area contributed by atoms with Crippen LogP contribution in [-0.4, -0.2) is 50.3 Å². The second kappa shape index (κ2) is 11.0. The van der Waals surface area contributed by atoms with Crippen LogP contribution in [0.2, 0.25) is 0 Å². The highest BCUT2D eigenvalue weighted by Crippen LogP contribution is 2.18. The number of ketones is 1. The van der Waals surface area contributed by atoms with Crippen LogP contribution in [-0.2, 0) is 23.8 Å². The van der Waals surface area contributed by atoms with Crippen molar-refractivity contribution in [3.05, 3.63) is 0 Å². The molecular weight excluding hydrogens is 302 g/mol. The smallest absolute Gasteiger partial charge is 0.434 e. The molecule has 0 saturated heterocycles. The van der Waals surface area contributed by atoms with Crippen LogP contribution in [0, 0.1) is 5.41 Å². The summed E-state index contributed by atoms with van der Waals surface area (Å²) in [5, 5.41) is 2.71. The zero-order valence-electron chi connectivity index (χ0n) is 14.8. The first kappa shape index (κ1) is 21.4. The molecule has 0 saturated carbocycles. The average Bonchev–Trinajstić information content (AvgIpc) is 2.50. The van der Waals surface area contributed by atoms with E-state index in [1.165, 1.54) is 6.92 Å². The van der Waals surface area contributed by atoms with E-state index in [2.05, 4.69) is 5.32 Å². The van der Waals surface area contributed by atoms with Crippen molar-refractivity contribution in [2.45, 2.75) is 53.6 Å². The highest BCUT2D eigenvalue weighted by molar-refractivity contribution is 5.81. The van der Waals surface area contributed by atoms with E-state index in [0.717, 1.165) is 6.42 Å². The van der Waals surface area contributed by atoms with Crippen molar-refractivity contribution in [2.24, 2.45) is 5.41 Å². The van der Waals surface area contributed by atoms with Gasteiger partial charge in [-0.05, 0) is 20.3 Å². The van der Waals surface area contributed by atoms with E-state index in [1.54, 1.807) is 6.92 Å². The van der Waals surface area contributed by atoms with Gasteiger partial charge < -0.3 is 19.5 Å². The summed E-state index contributed by atoms with van der Waals surface area (Å²) in [6.07, 6.45) is -0.0215. The summed E-state index contributed by atoms with van der Waals surface area (Å²) >= 11 is 0. The van der Waals surface area contributed by atoms with Crippen LogP contribution in [0.5, 0.6) is 0 Å². The van der Waals surface area contributed by atoms with E-state index in [9.17, 15) is 14.4 Å². The van der Waals surface area contributed by atoms with E-state index in [0.29, 0.717) is 13.0 Å². The monoisotopic (exact) mass is 331 g/mol. The lowest BCUT2D eigenvalue weighted by molar-refractivity contribution is -0.129. The third kappa shape index (κ3) is 9.89. The average molecular weight is 331 g/mol. The van der Waals surface area contributed by atoms with Gasteiger partial charge >= 0.3 is 6.16 Å². The standard InChI is InChI=1S/C16H29NO6/c1-6-16(4,5)14(19)17-8-11-23-15(20)22-10-7-9-21-13(3)12(2)18/h13H,6-11H2,1-5H3,(H,17,19). The van der Waals surface area contributed by atoms with Gasteiger partial charge in [0.15, 0.2) is 5.78 Å². The first-order valence-corrected chi connectivity index (χ1v) is 7.90. The summed E-state index contributed by atoms with van der Waals surface area (Å²) in [6.45, 7) is 9.56. The van der Waals surface area contributed by atoms with Gasteiger partial charge in [-0.25, -0.2) is 4.79 Å². The van der Waals surface area contributed by atoms with Gasteiger partial charge in [-0.2, -0.15) is 0 Å². The normalized spacial score (nSPS) is 12.4. The van der Waals surface area contributed by atoms with Crippen LogP contribution in [0.25, 0.3) is 0 Å². The Morgan fingerprint density at radius 3 is 2.26 bits per heavy atom. The molecule has 0 aliphatic rings. The number of amides is 1. The summed E-state index contributed by atoms with van der Waals surface area (Å²) < 4.78 is 14.9. The predicted molar refractivity (Wildman–Crippen MR) is 85.1 cm³/mol. The van der Waals surface area contributed by atoms with Gasteiger partial charge in [0.1, 0.15) is 12.7 Å². The number of hydrogen-bond acceptors (Lipinski definition) is 6. The van der Waals surface area contributed by atoms with E-state index < -0.39 is 17.7 Å². The maximum Gasteiger partial charge on any atom is 0.508 e. The Balaban J connectivity index is 3.62. The van der Waals surface area contributed by atoms with Crippen molar-refractivity contribution in [3.63, 3.8) is 0 Å². The maximum absolute atomic E-state index is 11.8. The lowest BCUT2D eigenvalue weighted by atomic mass is 9.89. The maximum atomic E-state index is 11.8. The molecule has 0 aliphatic heterocycles. The molecule has 134 valence electrons. The molecule has 0 rings (SSSR count). The third-order valence-electron chi connectivity index (χ3n) is 3.56. The van der Waals surface area contributed by atoms with E-state index >= 15 is 0 Å². The van der Waals surface area contributed by atoms with E-state index in [1.807, 2.05) is 20.8 Å². The second-order valence-corrected chi connectivity index (χ2v) is 5.92. The van der Waals surface area contributed by atoms with Crippen LogP contribution in [0.4, 0.5) is 4.79 Å². The SMILES string of the molecule is CCC(C)(C)C(=O)NCCOC(=O)OCCCOC(C)C(C)=O. The van der Waals surface area contributed by atoms with Crippen molar-refractivity contribution >= 4 is 17.8 Å². The number of ether oxygens (including phenoxy) is 3. The van der Waals surface area contributed by atoms with Crippen LogP contribution in [0.3, 0.4) is 0 Å². The summed E-state index contributed by atoms with van der Waals surface area (Å²) in [4.78, 5) is 34.0. The molecule has 0 spiro atoms. The second-order valence-electron chi connectivity index (χ2n) is 5.92. The Hall–Kier alpha value is -1.63. The topological polar surface area (TPSA) is 90.9 Å². The molecule has 1 unspecified atom stereocenters. The highest BCUT2D eigenvalue weighted by Gasteiger charge is 2.24. The van der Waals surface area contributed by atoms with Gasteiger partial charge in [-0.1, -0.05) is 20.8 Å². The van der Waals surface area contributed by atoms with E-state index in [4.69, 9.17) is 14.2 Å². The molecule has 7 nitrogen and oxygen atoms in total. The molecule has 1 amide bonds. The molecule has 0 fully saturated rings. The first-order valence-electron chi connectivity index (χ1n) is 7.90. The summed E-state index contributed by atoms with van der Waals surface area (Å²) in [7, 11) is 0. The number of nitrogens with one attached hydrogen (secondary N) is 1. The summed E-state index contributed by atoms with van der Waals surface area (Å²) in [5.41, 5.74) is -0.433. The van der Waals surface area contributed by atoms with Gasteiger partial charge in [0.25, 0.3) is 0 Å². The highest BCUT2D eigenvalue weighted by atomic mass is 16.7. The first-order chi connectivity index (χ1) is 10.7. The molecule has 0 radical (unpaired) electrons. The zero-order chi connectivity index (χ0) is 17.9. The molecule has 0 heterocycles.